The van der Waals surface area contributed by atoms with E-state index in [-0.39, 0.29) is 0 Å². The van der Waals surface area contributed by atoms with Gasteiger partial charge in [-0.1, -0.05) is 0 Å². The van der Waals surface area contributed by atoms with Crippen molar-refractivity contribution in [3.8, 4) is 0 Å². The van der Waals surface area contributed by atoms with E-state index in [9.17, 15) is 0 Å². The molecule has 2 aliphatic rings. The van der Waals surface area contributed by atoms with Gasteiger partial charge in [0.05, 0.1) is 6.54 Å². The Morgan fingerprint density at radius 2 is 2.42 bits per heavy atom. The number of nitrogens with zero attached hydrogens (tertiary/aromatic N) is 2. The van der Waals surface area contributed by atoms with E-state index < -0.39 is 0 Å². The summed E-state index contributed by atoms with van der Waals surface area (Å²) < 4.78 is 5.63. The molecular formula is C9H14N2O. The third-order valence-electron chi connectivity index (χ3n) is 2.27. The standard InChI is InChI=1S/C9H14N2O/c1-2-8-12-9(3-1)11-6-4-10-5-7-11/h4-6,9H,1-3,7-8H2. The van der Waals surface area contributed by atoms with Crippen LogP contribution in [0.5, 0.6) is 0 Å². The second-order valence-corrected chi connectivity index (χ2v) is 3.15. The van der Waals surface area contributed by atoms with Crippen LogP contribution in [0, 0.1) is 0 Å². The zero-order valence-corrected chi connectivity index (χ0v) is 7.15. The van der Waals surface area contributed by atoms with Crippen LogP contribution in [0.2, 0.25) is 0 Å². The van der Waals surface area contributed by atoms with E-state index in [0.29, 0.717) is 6.23 Å². The fraction of sp³-hybridized carbons (Fsp3) is 0.667. The van der Waals surface area contributed by atoms with E-state index in [0.717, 1.165) is 19.6 Å². The molecule has 66 valence electrons. The summed E-state index contributed by atoms with van der Waals surface area (Å²) in [5.74, 6) is 0. The van der Waals surface area contributed by atoms with Crippen LogP contribution in [0.3, 0.4) is 0 Å². The van der Waals surface area contributed by atoms with Crippen LogP contribution in [-0.4, -0.2) is 30.5 Å². The molecule has 12 heavy (non-hydrogen) atoms. The van der Waals surface area contributed by atoms with Crippen LogP contribution in [0.1, 0.15) is 19.3 Å². The SMILES string of the molecule is C1=CN(C2CCCCO2)CC=N1. The predicted octanol–water partition coefficient (Wildman–Crippen LogP) is 1.37. The van der Waals surface area contributed by atoms with Crippen molar-refractivity contribution in [2.75, 3.05) is 13.2 Å². The quantitative estimate of drug-likeness (QED) is 0.587. The second-order valence-electron chi connectivity index (χ2n) is 3.15. The monoisotopic (exact) mass is 166 g/mol. The molecule has 2 heterocycles. The van der Waals surface area contributed by atoms with Gasteiger partial charge in [0.1, 0.15) is 6.23 Å². The molecule has 2 aliphatic heterocycles. The van der Waals surface area contributed by atoms with Gasteiger partial charge in [-0.2, -0.15) is 0 Å². The molecule has 0 aromatic carbocycles. The van der Waals surface area contributed by atoms with E-state index in [1.807, 2.05) is 18.6 Å². The lowest BCUT2D eigenvalue weighted by Crippen LogP contribution is -2.37. The predicted molar refractivity (Wildman–Crippen MR) is 47.9 cm³/mol. The van der Waals surface area contributed by atoms with E-state index in [1.54, 1.807) is 0 Å². The number of aliphatic imine (C=N–C) groups is 1. The van der Waals surface area contributed by atoms with E-state index in [2.05, 4.69) is 9.89 Å². The average Bonchev–Trinajstić information content (AvgIpc) is 2.21. The highest BCUT2D eigenvalue weighted by atomic mass is 16.5. The van der Waals surface area contributed by atoms with Crippen LogP contribution < -0.4 is 0 Å². The number of hydrogen-bond acceptors (Lipinski definition) is 3. The first-order valence-corrected chi connectivity index (χ1v) is 4.52. The first-order valence-electron chi connectivity index (χ1n) is 4.52. The van der Waals surface area contributed by atoms with E-state index in [1.165, 1.54) is 12.8 Å². The molecule has 0 radical (unpaired) electrons. The van der Waals surface area contributed by atoms with Gasteiger partial charge >= 0.3 is 0 Å². The topological polar surface area (TPSA) is 24.8 Å². The molecule has 0 N–H and O–H groups in total. The molecule has 0 spiro atoms. The lowest BCUT2D eigenvalue weighted by molar-refractivity contribution is -0.0601. The summed E-state index contributed by atoms with van der Waals surface area (Å²) in [6, 6.07) is 0. The van der Waals surface area contributed by atoms with Crippen LogP contribution in [-0.2, 0) is 4.74 Å². The largest absolute Gasteiger partial charge is 0.358 e. The van der Waals surface area contributed by atoms with Crippen molar-refractivity contribution in [2.45, 2.75) is 25.5 Å². The maximum Gasteiger partial charge on any atom is 0.130 e. The van der Waals surface area contributed by atoms with Crippen molar-refractivity contribution >= 4 is 6.21 Å². The minimum absolute atomic E-state index is 0.293. The summed E-state index contributed by atoms with van der Waals surface area (Å²) in [5.41, 5.74) is 0. The molecule has 0 aromatic rings. The highest BCUT2D eigenvalue weighted by Crippen LogP contribution is 2.17. The van der Waals surface area contributed by atoms with Gasteiger partial charge in [-0.15, -0.1) is 0 Å². The summed E-state index contributed by atoms with van der Waals surface area (Å²) in [6.45, 7) is 1.80. The number of rotatable bonds is 1. The van der Waals surface area contributed by atoms with Gasteiger partial charge in [0.25, 0.3) is 0 Å². The highest BCUT2D eigenvalue weighted by Gasteiger charge is 2.18. The summed E-state index contributed by atoms with van der Waals surface area (Å²) in [4.78, 5) is 6.22. The molecule has 1 fully saturated rings. The van der Waals surface area contributed by atoms with Gasteiger partial charge in [0.15, 0.2) is 0 Å². The molecule has 1 atom stereocenters. The maximum atomic E-state index is 5.63. The Morgan fingerprint density at radius 3 is 3.08 bits per heavy atom. The lowest BCUT2D eigenvalue weighted by Gasteiger charge is -2.32. The Labute approximate surface area is 72.7 Å². The highest BCUT2D eigenvalue weighted by molar-refractivity contribution is 5.61. The van der Waals surface area contributed by atoms with Crippen LogP contribution >= 0.6 is 0 Å². The molecule has 1 unspecified atom stereocenters. The smallest absolute Gasteiger partial charge is 0.130 e. The molecule has 2 rings (SSSR count). The van der Waals surface area contributed by atoms with Crippen LogP contribution in [0.4, 0.5) is 0 Å². The van der Waals surface area contributed by atoms with Gasteiger partial charge in [-0.25, -0.2) is 0 Å². The van der Waals surface area contributed by atoms with E-state index >= 15 is 0 Å². The van der Waals surface area contributed by atoms with Gasteiger partial charge in [0.2, 0.25) is 0 Å². The van der Waals surface area contributed by atoms with Crippen molar-refractivity contribution in [1.82, 2.24) is 4.90 Å². The fourth-order valence-electron chi connectivity index (χ4n) is 1.59. The van der Waals surface area contributed by atoms with Crippen molar-refractivity contribution < 1.29 is 4.74 Å². The minimum Gasteiger partial charge on any atom is -0.358 e. The maximum absolute atomic E-state index is 5.63. The lowest BCUT2D eigenvalue weighted by atomic mass is 10.2. The van der Waals surface area contributed by atoms with Gasteiger partial charge < -0.3 is 9.64 Å². The summed E-state index contributed by atoms with van der Waals surface area (Å²) in [7, 11) is 0. The van der Waals surface area contributed by atoms with Crippen molar-refractivity contribution in [3.63, 3.8) is 0 Å². The first kappa shape index (κ1) is 7.80. The Kier molecular flexibility index (Phi) is 2.42. The van der Waals surface area contributed by atoms with Gasteiger partial charge in [-0.3, -0.25) is 4.99 Å². The normalized spacial score (nSPS) is 29.3. The molecule has 0 saturated carbocycles. The zero-order valence-electron chi connectivity index (χ0n) is 7.15. The Balaban J connectivity index is 1.90. The molecule has 0 amide bonds. The van der Waals surface area contributed by atoms with Crippen molar-refractivity contribution in [2.24, 2.45) is 4.99 Å². The van der Waals surface area contributed by atoms with Crippen molar-refractivity contribution in [1.29, 1.82) is 0 Å². The fourth-order valence-corrected chi connectivity index (χ4v) is 1.59. The third-order valence-corrected chi connectivity index (χ3v) is 2.27. The minimum atomic E-state index is 0.293. The number of ether oxygens (including phenoxy) is 1. The molecular weight excluding hydrogens is 152 g/mol. The van der Waals surface area contributed by atoms with Gasteiger partial charge in [0, 0.05) is 25.2 Å². The second kappa shape index (κ2) is 3.72. The Morgan fingerprint density at radius 1 is 1.42 bits per heavy atom. The summed E-state index contributed by atoms with van der Waals surface area (Å²) in [5, 5.41) is 0. The average molecular weight is 166 g/mol. The Bertz CT molecular complexity index is 195. The van der Waals surface area contributed by atoms with Crippen molar-refractivity contribution in [3.05, 3.63) is 12.4 Å². The van der Waals surface area contributed by atoms with Gasteiger partial charge in [-0.05, 0) is 19.3 Å². The third kappa shape index (κ3) is 1.67. The number of hydrogen-bond donors (Lipinski definition) is 0. The summed E-state index contributed by atoms with van der Waals surface area (Å²) >= 11 is 0. The molecule has 3 heteroatoms. The Hall–Kier alpha value is -0.830. The zero-order chi connectivity index (χ0) is 8.23. The molecule has 0 aromatic heterocycles. The molecule has 0 bridgehead atoms. The molecule has 3 nitrogen and oxygen atoms in total. The molecule has 0 aliphatic carbocycles. The van der Waals surface area contributed by atoms with Crippen LogP contribution in [0.15, 0.2) is 17.4 Å². The summed E-state index contributed by atoms with van der Waals surface area (Å²) in [6.07, 6.45) is 9.68. The first-order chi connectivity index (χ1) is 5.97. The molecule has 1 saturated heterocycles. The van der Waals surface area contributed by atoms with Crippen LogP contribution in [0.25, 0.3) is 0 Å². The van der Waals surface area contributed by atoms with E-state index in [4.69, 9.17) is 4.74 Å².